The molecular weight excluding hydrogens is 196 g/mol. The molecule has 0 radical (unpaired) electrons. The molecule has 1 aromatic carbocycles. The van der Waals surface area contributed by atoms with Gasteiger partial charge in [0.2, 0.25) is 0 Å². The van der Waals surface area contributed by atoms with E-state index in [0.717, 1.165) is 25.1 Å². The highest BCUT2D eigenvalue weighted by Crippen LogP contribution is 2.30. The van der Waals surface area contributed by atoms with Crippen LogP contribution in [0.5, 0.6) is 0 Å². The number of aryl methyl sites for hydroxylation is 1. The minimum Gasteiger partial charge on any atom is -0.379 e. The predicted octanol–water partition coefficient (Wildman–Crippen LogP) is 2.30. The summed E-state index contributed by atoms with van der Waals surface area (Å²) in [6, 6.07) is 5.80. The molecule has 14 heavy (non-hydrogen) atoms. The van der Waals surface area contributed by atoms with Gasteiger partial charge in [-0.05, 0) is 24.6 Å². The molecule has 0 spiro atoms. The van der Waals surface area contributed by atoms with Crippen LogP contribution in [0.25, 0.3) is 0 Å². The number of aldehydes is 1. The molecule has 2 rings (SSSR count). The molecule has 0 bridgehead atoms. The molecule has 0 N–H and O–H groups in total. The maximum atomic E-state index is 10.5. The zero-order chi connectivity index (χ0) is 9.97. The molecule has 0 saturated carbocycles. The van der Waals surface area contributed by atoms with Crippen LogP contribution in [0, 0.1) is 6.92 Å². The summed E-state index contributed by atoms with van der Waals surface area (Å²) in [7, 11) is 0. The first kappa shape index (κ1) is 9.74. The average Bonchev–Trinajstić information content (AvgIpc) is 2.13. The van der Waals surface area contributed by atoms with Gasteiger partial charge in [-0.25, -0.2) is 0 Å². The second kappa shape index (κ2) is 4.15. The van der Waals surface area contributed by atoms with Gasteiger partial charge in [0.05, 0.1) is 18.5 Å². The van der Waals surface area contributed by atoms with Crippen molar-refractivity contribution in [1.29, 1.82) is 0 Å². The largest absolute Gasteiger partial charge is 0.379 e. The number of thioether (sulfide) groups is 1. The number of hydrogen-bond acceptors (Lipinski definition) is 3. The fraction of sp³-hybridized carbons (Fsp3) is 0.364. The molecule has 1 aliphatic rings. The van der Waals surface area contributed by atoms with Gasteiger partial charge < -0.3 is 4.74 Å². The lowest BCUT2D eigenvalue weighted by molar-refractivity contribution is 0.0455. The standard InChI is InChI=1S/C11H12O2S/c1-8-4-9(5-12)2-3-11(8)14-10-6-13-7-10/h2-5,10H,6-7H2,1H3. The Labute approximate surface area is 87.6 Å². The van der Waals surface area contributed by atoms with E-state index < -0.39 is 0 Å². The summed E-state index contributed by atoms with van der Waals surface area (Å²) in [4.78, 5) is 11.8. The topological polar surface area (TPSA) is 26.3 Å². The van der Waals surface area contributed by atoms with Gasteiger partial charge in [0, 0.05) is 10.5 Å². The van der Waals surface area contributed by atoms with Crippen molar-refractivity contribution in [2.45, 2.75) is 17.1 Å². The highest BCUT2D eigenvalue weighted by atomic mass is 32.2. The molecule has 1 heterocycles. The van der Waals surface area contributed by atoms with Gasteiger partial charge in [-0.2, -0.15) is 0 Å². The Morgan fingerprint density at radius 2 is 2.29 bits per heavy atom. The van der Waals surface area contributed by atoms with Crippen LogP contribution in [0.4, 0.5) is 0 Å². The van der Waals surface area contributed by atoms with Gasteiger partial charge in [-0.1, -0.05) is 6.07 Å². The lowest BCUT2D eigenvalue weighted by Gasteiger charge is -2.25. The van der Waals surface area contributed by atoms with Gasteiger partial charge in [-0.3, -0.25) is 4.79 Å². The summed E-state index contributed by atoms with van der Waals surface area (Å²) in [6.07, 6.45) is 0.883. The first-order valence-corrected chi connectivity index (χ1v) is 5.48. The van der Waals surface area contributed by atoms with E-state index in [1.54, 1.807) is 0 Å². The Morgan fingerprint density at radius 3 is 2.79 bits per heavy atom. The monoisotopic (exact) mass is 208 g/mol. The number of rotatable bonds is 3. The Bertz CT molecular complexity index is 345. The van der Waals surface area contributed by atoms with Crippen LogP contribution < -0.4 is 0 Å². The van der Waals surface area contributed by atoms with E-state index in [2.05, 4.69) is 0 Å². The van der Waals surface area contributed by atoms with Crippen molar-refractivity contribution in [2.75, 3.05) is 13.2 Å². The fourth-order valence-electron chi connectivity index (χ4n) is 1.34. The molecule has 0 unspecified atom stereocenters. The minimum atomic E-state index is 0.593. The summed E-state index contributed by atoms with van der Waals surface area (Å²) < 4.78 is 5.11. The Morgan fingerprint density at radius 1 is 1.50 bits per heavy atom. The third-order valence-corrected chi connectivity index (χ3v) is 3.55. The third-order valence-electron chi connectivity index (χ3n) is 2.24. The zero-order valence-corrected chi connectivity index (χ0v) is 8.84. The van der Waals surface area contributed by atoms with Gasteiger partial charge >= 0.3 is 0 Å². The second-order valence-electron chi connectivity index (χ2n) is 3.42. The number of benzene rings is 1. The molecule has 1 aliphatic heterocycles. The second-order valence-corrected chi connectivity index (χ2v) is 4.76. The van der Waals surface area contributed by atoms with Gasteiger partial charge in [0.15, 0.2) is 0 Å². The Balaban J connectivity index is 2.12. The van der Waals surface area contributed by atoms with Crippen LogP contribution in [0.3, 0.4) is 0 Å². The Kier molecular flexibility index (Phi) is 2.89. The van der Waals surface area contributed by atoms with Gasteiger partial charge in [-0.15, -0.1) is 11.8 Å². The normalized spacial score (nSPS) is 16.4. The summed E-state index contributed by atoms with van der Waals surface area (Å²) in [5.41, 5.74) is 1.92. The SMILES string of the molecule is Cc1cc(C=O)ccc1SC1COC1. The van der Waals surface area contributed by atoms with Crippen molar-refractivity contribution in [3.63, 3.8) is 0 Å². The highest BCUT2D eigenvalue weighted by Gasteiger charge is 2.20. The van der Waals surface area contributed by atoms with E-state index in [1.807, 2.05) is 36.9 Å². The van der Waals surface area contributed by atoms with Crippen LogP contribution >= 0.6 is 11.8 Å². The predicted molar refractivity (Wildman–Crippen MR) is 57.0 cm³/mol. The summed E-state index contributed by atoms with van der Waals surface area (Å²) in [6.45, 7) is 3.73. The van der Waals surface area contributed by atoms with E-state index in [9.17, 15) is 4.79 Å². The molecule has 0 aliphatic carbocycles. The van der Waals surface area contributed by atoms with Crippen LogP contribution in [0.1, 0.15) is 15.9 Å². The molecule has 74 valence electrons. The fourth-order valence-corrected chi connectivity index (χ4v) is 2.42. The molecule has 0 amide bonds. The van der Waals surface area contributed by atoms with Crippen LogP contribution in [0.2, 0.25) is 0 Å². The number of carbonyl (C=O) groups excluding carboxylic acids is 1. The van der Waals surface area contributed by atoms with Crippen LogP contribution in [-0.4, -0.2) is 24.7 Å². The van der Waals surface area contributed by atoms with Gasteiger partial charge in [0.25, 0.3) is 0 Å². The van der Waals surface area contributed by atoms with E-state index in [-0.39, 0.29) is 0 Å². The summed E-state index contributed by atoms with van der Waals surface area (Å²) in [5.74, 6) is 0. The van der Waals surface area contributed by atoms with E-state index in [4.69, 9.17) is 4.74 Å². The molecule has 1 aromatic rings. The van der Waals surface area contributed by atoms with Crippen molar-refractivity contribution in [2.24, 2.45) is 0 Å². The first-order valence-electron chi connectivity index (χ1n) is 4.60. The number of ether oxygens (including phenoxy) is 1. The van der Waals surface area contributed by atoms with Crippen LogP contribution in [-0.2, 0) is 4.74 Å². The zero-order valence-electron chi connectivity index (χ0n) is 8.03. The summed E-state index contributed by atoms with van der Waals surface area (Å²) >= 11 is 1.84. The lowest BCUT2D eigenvalue weighted by atomic mass is 10.2. The van der Waals surface area contributed by atoms with Crippen molar-refractivity contribution < 1.29 is 9.53 Å². The highest BCUT2D eigenvalue weighted by molar-refractivity contribution is 8.00. The lowest BCUT2D eigenvalue weighted by Crippen LogP contribution is -2.30. The van der Waals surface area contributed by atoms with Crippen molar-refractivity contribution in [3.05, 3.63) is 29.3 Å². The maximum Gasteiger partial charge on any atom is 0.150 e. The van der Waals surface area contributed by atoms with Crippen molar-refractivity contribution in [1.82, 2.24) is 0 Å². The number of carbonyl (C=O) groups is 1. The van der Waals surface area contributed by atoms with Crippen molar-refractivity contribution in [3.8, 4) is 0 Å². The van der Waals surface area contributed by atoms with Crippen molar-refractivity contribution >= 4 is 18.0 Å². The molecule has 0 aromatic heterocycles. The smallest absolute Gasteiger partial charge is 0.150 e. The molecule has 2 nitrogen and oxygen atoms in total. The molecule has 3 heteroatoms. The van der Waals surface area contributed by atoms with E-state index in [0.29, 0.717) is 5.25 Å². The third kappa shape index (κ3) is 1.99. The first-order chi connectivity index (χ1) is 6.79. The minimum absolute atomic E-state index is 0.593. The average molecular weight is 208 g/mol. The van der Waals surface area contributed by atoms with E-state index in [1.165, 1.54) is 10.5 Å². The maximum absolute atomic E-state index is 10.5. The number of hydrogen-bond donors (Lipinski definition) is 0. The van der Waals surface area contributed by atoms with Crippen LogP contribution in [0.15, 0.2) is 23.1 Å². The molecule has 0 atom stereocenters. The molecule has 1 saturated heterocycles. The summed E-state index contributed by atoms with van der Waals surface area (Å²) in [5, 5.41) is 0.593. The molecule has 1 fully saturated rings. The van der Waals surface area contributed by atoms with Gasteiger partial charge in [0.1, 0.15) is 6.29 Å². The Hall–Kier alpha value is -0.800. The van der Waals surface area contributed by atoms with E-state index >= 15 is 0 Å². The quantitative estimate of drug-likeness (QED) is 0.713. The molecular formula is C11H12O2S.